The Hall–Kier alpha value is -3.57. The molecule has 0 aliphatic heterocycles. The molecule has 0 saturated heterocycles. The van der Waals surface area contributed by atoms with Crippen molar-refractivity contribution < 1.29 is 24.2 Å². The van der Waals surface area contributed by atoms with E-state index in [0.29, 0.717) is 41.3 Å². The quantitative estimate of drug-likeness (QED) is 0.290. The zero-order chi connectivity index (χ0) is 22.8. The highest BCUT2D eigenvalue weighted by atomic mass is 79.9. The molecule has 0 radical (unpaired) electrons. The van der Waals surface area contributed by atoms with Gasteiger partial charge in [-0.3, -0.25) is 4.79 Å². The first-order chi connectivity index (χ1) is 14.9. The molecule has 2 aromatic rings. The number of anilines is 1. The Labute approximate surface area is 188 Å². The van der Waals surface area contributed by atoms with Gasteiger partial charge in [-0.2, -0.15) is 5.26 Å². The van der Waals surface area contributed by atoms with E-state index in [1.165, 1.54) is 6.08 Å². The van der Waals surface area contributed by atoms with Gasteiger partial charge in [0.25, 0.3) is 5.91 Å². The SMILES string of the molecule is C=CCc1cc(/C=C(/C#N)C(=O)Nc2cccc(Br)c2)cc(OCC)c1OCC(=O)O. The summed E-state index contributed by atoms with van der Waals surface area (Å²) in [6.07, 6.45) is 3.45. The van der Waals surface area contributed by atoms with Gasteiger partial charge in [0.2, 0.25) is 0 Å². The lowest BCUT2D eigenvalue weighted by atomic mass is 10.0. The highest BCUT2D eigenvalue weighted by Crippen LogP contribution is 2.34. The van der Waals surface area contributed by atoms with Crippen molar-refractivity contribution in [3.05, 3.63) is 70.2 Å². The second-order valence-electron chi connectivity index (χ2n) is 6.25. The van der Waals surface area contributed by atoms with Crippen LogP contribution >= 0.6 is 15.9 Å². The average Bonchev–Trinajstić information content (AvgIpc) is 2.71. The van der Waals surface area contributed by atoms with Crippen LogP contribution < -0.4 is 14.8 Å². The lowest BCUT2D eigenvalue weighted by molar-refractivity contribution is -0.139. The number of rotatable bonds is 10. The Morgan fingerprint density at radius 3 is 2.68 bits per heavy atom. The average molecular weight is 485 g/mol. The number of carboxylic acid groups (broad SMARTS) is 1. The Morgan fingerprint density at radius 1 is 1.29 bits per heavy atom. The molecule has 0 aromatic heterocycles. The van der Waals surface area contributed by atoms with Crippen molar-refractivity contribution in [1.82, 2.24) is 0 Å². The number of ether oxygens (including phenoxy) is 2. The van der Waals surface area contributed by atoms with Crippen LogP contribution in [-0.4, -0.2) is 30.2 Å². The van der Waals surface area contributed by atoms with Crippen LogP contribution in [0.1, 0.15) is 18.1 Å². The van der Waals surface area contributed by atoms with E-state index in [9.17, 15) is 14.9 Å². The van der Waals surface area contributed by atoms with Crippen molar-refractivity contribution >= 4 is 39.6 Å². The normalized spacial score (nSPS) is 10.7. The van der Waals surface area contributed by atoms with Gasteiger partial charge in [-0.05, 0) is 55.3 Å². The molecule has 0 bridgehead atoms. The van der Waals surface area contributed by atoms with Gasteiger partial charge in [0.05, 0.1) is 6.61 Å². The standard InChI is InChI=1S/C23H21BrN2O5/c1-3-6-16-9-15(11-20(30-4-2)22(16)31-14-21(27)28)10-17(13-25)23(29)26-19-8-5-7-18(24)12-19/h3,5,7-12H,1,4,6,14H2,2H3,(H,26,29)(H,27,28)/b17-10-. The maximum atomic E-state index is 12.6. The predicted molar refractivity (Wildman–Crippen MR) is 121 cm³/mol. The van der Waals surface area contributed by atoms with Crippen LogP contribution in [0, 0.1) is 11.3 Å². The molecule has 0 aliphatic carbocycles. The van der Waals surface area contributed by atoms with E-state index in [-0.39, 0.29) is 5.57 Å². The van der Waals surface area contributed by atoms with Crippen LogP contribution in [0.15, 0.2) is 59.1 Å². The van der Waals surface area contributed by atoms with Crippen molar-refractivity contribution in [1.29, 1.82) is 5.26 Å². The molecule has 0 unspecified atom stereocenters. The van der Waals surface area contributed by atoms with Gasteiger partial charge in [0, 0.05) is 15.7 Å². The summed E-state index contributed by atoms with van der Waals surface area (Å²) < 4.78 is 11.8. The largest absolute Gasteiger partial charge is 0.490 e. The number of nitriles is 1. The number of hydrogen-bond acceptors (Lipinski definition) is 5. The molecule has 7 nitrogen and oxygen atoms in total. The molecular weight excluding hydrogens is 464 g/mol. The summed E-state index contributed by atoms with van der Waals surface area (Å²) >= 11 is 3.33. The van der Waals surface area contributed by atoms with Crippen LogP contribution in [0.4, 0.5) is 5.69 Å². The Bertz CT molecular complexity index is 1060. The molecule has 0 aliphatic rings. The number of carbonyl (C=O) groups excluding carboxylic acids is 1. The predicted octanol–water partition coefficient (Wildman–Crippen LogP) is 4.59. The third-order valence-corrected chi connectivity index (χ3v) is 4.41. The fraction of sp³-hybridized carbons (Fsp3) is 0.174. The molecule has 0 heterocycles. The minimum absolute atomic E-state index is 0.105. The molecule has 0 saturated carbocycles. The summed E-state index contributed by atoms with van der Waals surface area (Å²) in [5.74, 6) is -1.07. The van der Waals surface area contributed by atoms with Gasteiger partial charge in [0.1, 0.15) is 11.6 Å². The number of benzene rings is 2. The fourth-order valence-electron chi connectivity index (χ4n) is 2.71. The number of hydrogen-bond donors (Lipinski definition) is 2. The van der Waals surface area contributed by atoms with Gasteiger partial charge in [0.15, 0.2) is 18.1 Å². The van der Waals surface area contributed by atoms with Crippen LogP contribution in [0.25, 0.3) is 6.08 Å². The number of halogens is 1. The van der Waals surface area contributed by atoms with Crippen LogP contribution in [0.3, 0.4) is 0 Å². The van der Waals surface area contributed by atoms with Crippen molar-refractivity contribution in [2.24, 2.45) is 0 Å². The Balaban J connectivity index is 2.42. The van der Waals surface area contributed by atoms with Crippen molar-refractivity contribution in [2.45, 2.75) is 13.3 Å². The van der Waals surface area contributed by atoms with Crippen LogP contribution in [0.5, 0.6) is 11.5 Å². The van der Waals surface area contributed by atoms with E-state index in [1.54, 1.807) is 43.3 Å². The zero-order valence-electron chi connectivity index (χ0n) is 16.9. The van der Waals surface area contributed by atoms with Crippen molar-refractivity contribution in [2.75, 3.05) is 18.5 Å². The van der Waals surface area contributed by atoms with Crippen molar-refractivity contribution in [3.63, 3.8) is 0 Å². The summed E-state index contributed by atoms with van der Waals surface area (Å²) in [6.45, 7) is 5.28. The summed E-state index contributed by atoms with van der Waals surface area (Å²) in [6, 6.07) is 12.2. The number of allylic oxidation sites excluding steroid dienone is 1. The second-order valence-corrected chi connectivity index (χ2v) is 7.17. The first-order valence-corrected chi connectivity index (χ1v) is 10.1. The number of aliphatic carboxylic acids is 1. The lowest BCUT2D eigenvalue weighted by Gasteiger charge is -2.16. The molecule has 0 fully saturated rings. The maximum absolute atomic E-state index is 12.6. The third-order valence-electron chi connectivity index (χ3n) is 3.92. The summed E-state index contributed by atoms with van der Waals surface area (Å²) in [5, 5.41) is 21.1. The number of carboxylic acids is 1. The van der Waals surface area contributed by atoms with Gasteiger partial charge in [-0.15, -0.1) is 6.58 Å². The number of nitrogens with one attached hydrogen (secondary N) is 1. The van der Waals surface area contributed by atoms with E-state index >= 15 is 0 Å². The molecule has 1 amide bonds. The highest BCUT2D eigenvalue weighted by Gasteiger charge is 2.16. The number of carbonyl (C=O) groups is 2. The van der Waals surface area contributed by atoms with Gasteiger partial charge in [-0.25, -0.2) is 4.79 Å². The number of amides is 1. The molecule has 160 valence electrons. The van der Waals surface area contributed by atoms with Gasteiger partial charge < -0.3 is 19.9 Å². The highest BCUT2D eigenvalue weighted by molar-refractivity contribution is 9.10. The Kier molecular flexibility index (Phi) is 8.85. The molecule has 0 spiro atoms. The molecule has 2 aromatic carbocycles. The van der Waals surface area contributed by atoms with E-state index in [0.717, 1.165) is 4.47 Å². The molecule has 31 heavy (non-hydrogen) atoms. The van der Waals surface area contributed by atoms with Crippen LogP contribution in [-0.2, 0) is 16.0 Å². The Morgan fingerprint density at radius 2 is 2.06 bits per heavy atom. The van der Waals surface area contributed by atoms with Crippen molar-refractivity contribution in [3.8, 4) is 17.6 Å². The smallest absolute Gasteiger partial charge is 0.341 e. The first kappa shape index (κ1) is 23.7. The molecular formula is C23H21BrN2O5. The van der Waals surface area contributed by atoms with Crippen LogP contribution in [0.2, 0.25) is 0 Å². The second kappa shape index (κ2) is 11.6. The minimum atomic E-state index is -1.12. The molecule has 2 rings (SSSR count). The lowest BCUT2D eigenvalue weighted by Crippen LogP contribution is -2.13. The molecule has 0 atom stereocenters. The summed E-state index contributed by atoms with van der Waals surface area (Å²) in [4.78, 5) is 23.5. The first-order valence-electron chi connectivity index (χ1n) is 9.31. The number of nitrogens with zero attached hydrogens (tertiary/aromatic N) is 1. The fourth-order valence-corrected chi connectivity index (χ4v) is 3.11. The summed E-state index contributed by atoms with van der Waals surface area (Å²) in [7, 11) is 0. The van der Waals surface area contributed by atoms with E-state index < -0.39 is 18.5 Å². The molecule has 8 heteroatoms. The van der Waals surface area contributed by atoms with Gasteiger partial charge in [-0.1, -0.05) is 28.1 Å². The topological polar surface area (TPSA) is 109 Å². The summed E-state index contributed by atoms with van der Waals surface area (Å²) in [5.41, 5.74) is 1.59. The van der Waals surface area contributed by atoms with E-state index in [4.69, 9.17) is 14.6 Å². The zero-order valence-corrected chi connectivity index (χ0v) is 18.4. The maximum Gasteiger partial charge on any atom is 0.341 e. The monoisotopic (exact) mass is 484 g/mol. The van der Waals surface area contributed by atoms with Gasteiger partial charge >= 0.3 is 5.97 Å². The van der Waals surface area contributed by atoms with E-state index in [1.807, 2.05) is 12.1 Å². The minimum Gasteiger partial charge on any atom is -0.490 e. The molecule has 2 N–H and O–H groups in total. The van der Waals surface area contributed by atoms with E-state index in [2.05, 4.69) is 27.8 Å². The third kappa shape index (κ3) is 7.01.